The molecule has 2 atom stereocenters. The van der Waals surface area contributed by atoms with Crippen molar-refractivity contribution in [1.82, 2.24) is 25.4 Å². The lowest BCUT2D eigenvalue weighted by Gasteiger charge is -2.29. The van der Waals surface area contributed by atoms with E-state index in [1.807, 2.05) is 36.4 Å². The number of ether oxygens (including phenoxy) is 1. The van der Waals surface area contributed by atoms with Crippen LogP contribution in [0, 0.1) is 0 Å². The molecule has 0 bridgehead atoms. The lowest BCUT2D eigenvalue weighted by molar-refractivity contribution is -0.141. The molecule has 2 heterocycles. The first-order valence-corrected chi connectivity index (χ1v) is 15.2. The number of aromatic nitrogens is 1. The zero-order valence-corrected chi connectivity index (χ0v) is 25.2. The molecule has 2 aromatic carbocycles. The summed E-state index contributed by atoms with van der Waals surface area (Å²) in [6.07, 6.45) is 2.33. The molecular formula is C31H39N5O5S. The molecule has 1 fully saturated rings. The number of fused-ring (bicyclic) bond motifs is 1. The fourth-order valence-electron chi connectivity index (χ4n) is 4.90. The summed E-state index contributed by atoms with van der Waals surface area (Å²) in [5.41, 5.74) is 1.78. The summed E-state index contributed by atoms with van der Waals surface area (Å²) >= 11 is 1.59. The molecule has 1 saturated heterocycles. The highest BCUT2D eigenvalue weighted by atomic mass is 32.1. The van der Waals surface area contributed by atoms with Gasteiger partial charge in [-0.25, -0.2) is 4.98 Å². The van der Waals surface area contributed by atoms with E-state index in [0.717, 1.165) is 20.8 Å². The third kappa shape index (κ3) is 8.28. The van der Waals surface area contributed by atoms with Crippen molar-refractivity contribution in [1.29, 1.82) is 0 Å². The number of aryl methyl sites for hydroxylation is 1. The Kier molecular flexibility index (Phi) is 10.9. The Morgan fingerprint density at radius 1 is 1.07 bits per heavy atom. The van der Waals surface area contributed by atoms with Gasteiger partial charge in [-0.05, 0) is 49.6 Å². The zero-order valence-electron chi connectivity index (χ0n) is 24.4. The number of nitrogens with one attached hydrogen (secondary N) is 2. The van der Waals surface area contributed by atoms with E-state index in [1.54, 1.807) is 49.5 Å². The monoisotopic (exact) mass is 593 g/mol. The van der Waals surface area contributed by atoms with Gasteiger partial charge in [-0.2, -0.15) is 0 Å². The molecule has 0 radical (unpaired) electrons. The van der Waals surface area contributed by atoms with E-state index in [2.05, 4.69) is 15.6 Å². The molecule has 1 aliphatic rings. The van der Waals surface area contributed by atoms with Crippen LogP contribution in [0.3, 0.4) is 0 Å². The number of thiazole rings is 1. The van der Waals surface area contributed by atoms with Gasteiger partial charge in [0.15, 0.2) is 0 Å². The normalized spacial score (nSPS) is 19.5. The van der Waals surface area contributed by atoms with Crippen molar-refractivity contribution in [3.8, 4) is 5.75 Å². The lowest BCUT2D eigenvalue weighted by atomic mass is 10.0. The number of methoxy groups -OCH3 is 1. The first-order chi connectivity index (χ1) is 20.2. The summed E-state index contributed by atoms with van der Waals surface area (Å²) in [5, 5.41) is 6.69. The van der Waals surface area contributed by atoms with Crippen molar-refractivity contribution in [2.75, 3.05) is 33.8 Å². The first kappa shape index (κ1) is 31.0. The molecule has 1 aliphatic heterocycles. The minimum absolute atomic E-state index is 0.00836. The first-order valence-electron chi connectivity index (χ1n) is 14.3. The highest BCUT2D eigenvalue weighted by Gasteiger charge is 2.30. The number of benzene rings is 2. The van der Waals surface area contributed by atoms with Crippen molar-refractivity contribution < 1.29 is 23.9 Å². The summed E-state index contributed by atoms with van der Waals surface area (Å²) in [5.74, 6) is -0.222. The number of likely N-dealkylation sites (N-methyl/N-ethyl adjacent to an activating group) is 1. The Morgan fingerprint density at radius 3 is 2.55 bits per heavy atom. The van der Waals surface area contributed by atoms with E-state index in [0.29, 0.717) is 51.1 Å². The summed E-state index contributed by atoms with van der Waals surface area (Å²) in [6, 6.07) is 13.6. The summed E-state index contributed by atoms with van der Waals surface area (Å²) in [7, 11) is 3.15. The van der Waals surface area contributed by atoms with E-state index in [-0.39, 0.29) is 36.5 Å². The van der Waals surface area contributed by atoms with Crippen LogP contribution < -0.4 is 15.4 Å². The van der Waals surface area contributed by atoms with Gasteiger partial charge >= 0.3 is 0 Å². The van der Waals surface area contributed by atoms with Crippen LogP contribution in [-0.4, -0.2) is 84.3 Å². The van der Waals surface area contributed by atoms with Gasteiger partial charge in [0.25, 0.3) is 0 Å². The van der Waals surface area contributed by atoms with Crippen molar-refractivity contribution in [3.63, 3.8) is 0 Å². The number of nitrogens with zero attached hydrogens (tertiary/aromatic N) is 3. The van der Waals surface area contributed by atoms with E-state index in [4.69, 9.17) is 4.74 Å². The third-order valence-electron chi connectivity index (χ3n) is 7.52. The number of rotatable bonds is 6. The predicted molar refractivity (Wildman–Crippen MR) is 162 cm³/mol. The fourth-order valence-corrected chi connectivity index (χ4v) is 5.86. The number of carbonyl (C=O) groups is 4. The second-order valence-electron chi connectivity index (χ2n) is 10.5. The van der Waals surface area contributed by atoms with Crippen LogP contribution in [-0.2, 0) is 32.0 Å². The highest BCUT2D eigenvalue weighted by Crippen LogP contribution is 2.23. The van der Waals surface area contributed by atoms with E-state index >= 15 is 0 Å². The second kappa shape index (κ2) is 14.8. The van der Waals surface area contributed by atoms with Crippen molar-refractivity contribution >= 4 is 45.2 Å². The fraction of sp³-hybridized carbons (Fsp3) is 0.452. The topological polar surface area (TPSA) is 121 Å². The Balaban J connectivity index is 1.43. The molecule has 10 nitrogen and oxygen atoms in total. The predicted octanol–water partition coefficient (Wildman–Crippen LogP) is 2.94. The maximum absolute atomic E-state index is 13.4. The van der Waals surface area contributed by atoms with Gasteiger partial charge in [0.2, 0.25) is 23.6 Å². The number of carbonyl (C=O) groups excluding carboxylic acids is 4. The number of amides is 4. The van der Waals surface area contributed by atoms with Gasteiger partial charge in [0.05, 0.1) is 22.3 Å². The zero-order chi connectivity index (χ0) is 30.1. The lowest BCUT2D eigenvalue weighted by Crippen LogP contribution is -2.54. The molecule has 224 valence electrons. The van der Waals surface area contributed by atoms with Crippen LogP contribution in [0.15, 0.2) is 48.5 Å². The molecule has 4 rings (SSSR count). The van der Waals surface area contributed by atoms with Crippen LogP contribution >= 0.6 is 11.3 Å². The van der Waals surface area contributed by atoms with Crippen molar-refractivity contribution in [3.05, 3.63) is 59.1 Å². The Hall–Kier alpha value is -3.99. The summed E-state index contributed by atoms with van der Waals surface area (Å²) in [4.78, 5) is 60.3. The molecule has 4 amide bonds. The maximum atomic E-state index is 13.4. The molecule has 0 aliphatic carbocycles. The summed E-state index contributed by atoms with van der Waals surface area (Å²) in [6.45, 7) is 2.91. The summed E-state index contributed by atoms with van der Waals surface area (Å²) < 4.78 is 6.32. The molecule has 3 aromatic rings. The third-order valence-corrected chi connectivity index (χ3v) is 8.62. The Bertz CT molecular complexity index is 1360. The van der Waals surface area contributed by atoms with Crippen LogP contribution in [0.4, 0.5) is 0 Å². The highest BCUT2D eigenvalue weighted by molar-refractivity contribution is 7.18. The van der Waals surface area contributed by atoms with E-state index in [9.17, 15) is 19.2 Å². The van der Waals surface area contributed by atoms with E-state index in [1.165, 1.54) is 4.90 Å². The number of hydrogen-bond donors (Lipinski definition) is 2. The van der Waals surface area contributed by atoms with Gasteiger partial charge in [-0.15, -0.1) is 11.3 Å². The minimum atomic E-state index is -0.845. The quantitative estimate of drug-likeness (QED) is 0.454. The Morgan fingerprint density at radius 2 is 1.81 bits per heavy atom. The molecule has 1 aromatic heterocycles. The molecule has 2 N–H and O–H groups in total. The molecule has 42 heavy (non-hydrogen) atoms. The molecular weight excluding hydrogens is 554 g/mol. The Labute approximate surface area is 250 Å². The van der Waals surface area contributed by atoms with Gasteiger partial charge < -0.3 is 25.2 Å². The second-order valence-corrected chi connectivity index (χ2v) is 11.6. The average molecular weight is 594 g/mol. The van der Waals surface area contributed by atoms with Gasteiger partial charge in [-0.1, -0.05) is 24.3 Å². The number of para-hydroxylation sites is 1. The van der Waals surface area contributed by atoms with Crippen molar-refractivity contribution in [2.24, 2.45) is 0 Å². The number of hydrogen-bond acceptors (Lipinski definition) is 7. The minimum Gasteiger partial charge on any atom is -0.497 e. The van der Waals surface area contributed by atoms with E-state index < -0.39 is 12.1 Å². The van der Waals surface area contributed by atoms with Crippen LogP contribution in [0.2, 0.25) is 0 Å². The van der Waals surface area contributed by atoms with Crippen LogP contribution in [0.5, 0.6) is 5.75 Å². The van der Waals surface area contributed by atoms with Gasteiger partial charge in [-0.3, -0.25) is 19.2 Å². The molecule has 0 unspecified atom stereocenters. The molecule has 0 spiro atoms. The van der Waals surface area contributed by atoms with Crippen LogP contribution in [0.25, 0.3) is 10.2 Å². The van der Waals surface area contributed by atoms with Crippen LogP contribution in [0.1, 0.15) is 43.2 Å². The SMILES string of the molecule is COc1ccc(C[C@@H]2NC(=O)CCCN(C(=O)CCc3nc4ccccc4s3)CCCNC(=O)[C@H](C)N(C)C2=O)cc1. The maximum Gasteiger partial charge on any atom is 0.245 e. The average Bonchev–Trinajstić information content (AvgIpc) is 3.42. The van der Waals surface area contributed by atoms with Crippen molar-refractivity contribution in [2.45, 2.75) is 57.5 Å². The standard InChI is InChI=1S/C31H39N5O5S/c1-21-30(39)32-17-7-19-36(29(38)16-15-28-34-24-8-4-5-9-26(24)42-28)18-6-10-27(37)33-25(31(40)35(21)2)20-22-11-13-23(41-3)14-12-22/h4-5,8-9,11-14,21,25H,6-7,10,15-20H2,1-3H3,(H,32,39)(H,33,37)/t21-,25-/m0/s1. The van der Waals surface area contributed by atoms with Gasteiger partial charge in [0.1, 0.15) is 17.8 Å². The smallest absolute Gasteiger partial charge is 0.245 e. The molecule has 0 saturated carbocycles. The molecule has 11 heteroatoms. The largest absolute Gasteiger partial charge is 0.497 e. The van der Waals surface area contributed by atoms with Gasteiger partial charge in [0, 0.05) is 52.4 Å².